The van der Waals surface area contributed by atoms with Gasteiger partial charge in [0.2, 0.25) is 0 Å². The molecule has 0 aliphatic heterocycles. The van der Waals surface area contributed by atoms with E-state index in [9.17, 15) is 9.59 Å². The number of azo groups is 1. The maximum atomic E-state index is 12.1. The first-order valence-corrected chi connectivity index (χ1v) is 8.22. The molecule has 0 spiro atoms. The molecule has 0 saturated heterocycles. The summed E-state index contributed by atoms with van der Waals surface area (Å²) in [7, 11) is 0. The third-order valence-corrected chi connectivity index (χ3v) is 4.60. The molecule has 0 N–H and O–H groups in total. The van der Waals surface area contributed by atoms with Crippen molar-refractivity contribution < 1.29 is 9.59 Å². The van der Waals surface area contributed by atoms with Crippen LogP contribution in [-0.4, -0.2) is 11.6 Å². The highest BCUT2D eigenvalue weighted by atomic mass is 16.1. The summed E-state index contributed by atoms with van der Waals surface area (Å²) in [5.41, 5.74) is 4.06. The van der Waals surface area contributed by atoms with Crippen molar-refractivity contribution in [2.45, 2.75) is 41.0 Å². The molecule has 24 heavy (non-hydrogen) atoms. The Morgan fingerprint density at radius 2 is 1.50 bits per heavy atom. The van der Waals surface area contributed by atoms with Crippen molar-refractivity contribution in [3.63, 3.8) is 0 Å². The van der Waals surface area contributed by atoms with Crippen LogP contribution in [0.4, 0.5) is 0 Å². The molecule has 2 rings (SSSR count). The fraction of sp³-hybridized carbons (Fsp3) is 0.400. The third kappa shape index (κ3) is 4.13. The molecule has 2 atom stereocenters. The minimum absolute atomic E-state index is 0.0345. The largest absolute Gasteiger partial charge is 0.294 e. The summed E-state index contributed by atoms with van der Waals surface area (Å²) in [6, 6.07) is 0. The van der Waals surface area contributed by atoms with Gasteiger partial charge in [0.25, 0.3) is 0 Å². The van der Waals surface area contributed by atoms with Gasteiger partial charge in [0.15, 0.2) is 11.6 Å². The Balaban J connectivity index is 2.16. The Labute approximate surface area is 143 Å². The zero-order valence-corrected chi connectivity index (χ0v) is 15.0. The molecule has 0 aromatic heterocycles. The number of carbonyl (C=O) groups excluding carboxylic acids is 2. The predicted molar refractivity (Wildman–Crippen MR) is 95.3 cm³/mol. The van der Waals surface area contributed by atoms with Crippen LogP contribution in [0.2, 0.25) is 0 Å². The van der Waals surface area contributed by atoms with Gasteiger partial charge in [0.1, 0.15) is 0 Å². The number of allylic oxidation sites excluding steroid dienone is 8. The first-order chi connectivity index (χ1) is 11.3. The van der Waals surface area contributed by atoms with E-state index in [0.717, 1.165) is 23.1 Å². The molecule has 0 heterocycles. The fourth-order valence-electron chi connectivity index (χ4n) is 2.93. The van der Waals surface area contributed by atoms with Gasteiger partial charge in [-0.05, 0) is 73.1 Å². The molecule has 126 valence electrons. The monoisotopic (exact) mass is 324 g/mol. The van der Waals surface area contributed by atoms with Crippen molar-refractivity contribution in [2.24, 2.45) is 22.1 Å². The fourth-order valence-corrected chi connectivity index (χ4v) is 2.93. The van der Waals surface area contributed by atoms with Crippen LogP contribution >= 0.6 is 0 Å². The molecule has 2 unspecified atom stereocenters. The van der Waals surface area contributed by atoms with Gasteiger partial charge in [-0.1, -0.05) is 19.9 Å². The van der Waals surface area contributed by atoms with E-state index in [4.69, 9.17) is 0 Å². The topological polar surface area (TPSA) is 58.9 Å². The van der Waals surface area contributed by atoms with Crippen molar-refractivity contribution in [3.05, 3.63) is 58.5 Å². The highest BCUT2D eigenvalue weighted by molar-refractivity contribution is 6.09. The first-order valence-electron chi connectivity index (χ1n) is 8.22. The normalized spacial score (nSPS) is 27.1. The molecule has 0 radical (unpaired) electrons. The minimum Gasteiger partial charge on any atom is -0.294 e. The summed E-state index contributed by atoms with van der Waals surface area (Å²) < 4.78 is 0. The van der Waals surface area contributed by atoms with Crippen LogP contribution in [0.1, 0.15) is 41.0 Å². The molecule has 0 aromatic carbocycles. The molecular weight excluding hydrogens is 300 g/mol. The van der Waals surface area contributed by atoms with E-state index in [1.54, 1.807) is 38.4 Å². The van der Waals surface area contributed by atoms with Crippen molar-refractivity contribution in [2.75, 3.05) is 0 Å². The van der Waals surface area contributed by atoms with Gasteiger partial charge in [-0.2, -0.15) is 10.2 Å². The molecule has 2 aliphatic rings. The average molecular weight is 324 g/mol. The van der Waals surface area contributed by atoms with Crippen molar-refractivity contribution in [3.8, 4) is 0 Å². The van der Waals surface area contributed by atoms with Crippen molar-refractivity contribution in [1.82, 2.24) is 0 Å². The molecule has 0 amide bonds. The Morgan fingerprint density at radius 3 is 2.12 bits per heavy atom. The van der Waals surface area contributed by atoms with Gasteiger partial charge in [0, 0.05) is 5.92 Å². The highest BCUT2D eigenvalue weighted by Crippen LogP contribution is 2.28. The second kappa shape index (κ2) is 7.47. The van der Waals surface area contributed by atoms with Crippen LogP contribution in [0.15, 0.2) is 68.7 Å². The summed E-state index contributed by atoms with van der Waals surface area (Å²) in [6.45, 7) is 9.51. The molecule has 0 bridgehead atoms. The minimum atomic E-state index is 0.0345. The van der Waals surface area contributed by atoms with Crippen LogP contribution in [0.3, 0.4) is 0 Å². The van der Waals surface area contributed by atoms with Gasteiger partial charge in [-0.15, -0.1) is 0 Å². The molecule has 0 saturated carbocycles. The van der Waals surface area contributed by atoms with Crippen LogP contribution in [-0.2, 0) is 9.59 Å². The maximum absolute atomic E-state index is 12.1. The second-order valence-corrected chi connectivity index (χ2v) is 6.71. The Morgan fingerprint density at radius 1 is 0.917 bits per heavy atom. The lowest BCUT2D eigenvalue weighted by atomic mass is 9.88. The number of rotatable bonds is 2. The summed E-state index contributed by atoms with van der Waals surface area (Å²) in [4.78, 5) is 23.8. The number of nitrogens with zero attached hydrogens (tertiary/aromatic N) is 2. The number of hydrogen-bond donors (Lipinski definition) is 0. The third-order valence-electron chi connectivity index (χ3n) is 4.60. The van der Waals surface area contributed by atoms with Gasteiger partial charge < -0.3 is 0 Å². The van der Waals surface area contributed by atoms with Crippen LogP contribution in [0.25, 0.3) is 0 Å². The SMILES string of the molecule is CC1=CC(=CN=N/C=C2/C=C(C)C(=O)C(C)C(C)C2)C=C(C)C1=O. The second-order valence-electron chi connectivity index (χ2n) is 6.71. The van der Waals surface area contributed by atoms with Gasteiger partial charge in [0.05, 0.1) is 12.4 Å². The van der Waals surface area contributed by atoms with Crippen LogP contribution in [0, 0.1) is 11.8 Å². The smallest absolute Gasteiger partial charge is 0.184 e. The maximum Gasteiger partial charge on any atom is 0.184 e. The first kappa shape index (κ1) is 18.0. The molecule has 2 aliphatic carbocycles. The summed E-state index contributed by atoms with van der Waals surface area (Å²) >= 11 is 0. The quantitative estimate of drug-likeness (QED) is 0.680. The van der Waals surface area contributed by atoms with E-state index >= 15 is 0 Å². The number of hydrogen-bond acceptors (Lipinski definition) is 4. The standard InChI is InChI=1S/C20H24N2O2/c1-12-6-17(9-15(4)20(24)16(12)5)10-21-22-11-18-7-13(2)19(23)14(3)8-18/h7-12,16H,6H2,1-5H3/b17-10+,22-21?. The van der Waals surface area contributed by atoms with Crippen molar-refractivity contribution >= 4 is 11.6 Å². The van der Waals surface area contributed by atoms with E-state index in [1.807, 2.05) is 19.9 Å². The Kier molecular flexibility index (Phi) is 5.60. The van der Waals surface area contributed by atoms with Gasteiger partial charge >= 0.3 is 0 Å². The zero-order valence-electron chi connectivity index (χ0n) is 15.0. The summed E-state index contributed by atoms with van der Waals surface area (Å²) in [6.07, 6.45) is 9.68. The van der Waals surface area contributed by atoms with E-state index in [-0.39, 0.29) is 23.4 Å². The molecule has 0 aromatic rings. The predicted octanol–water partition coefficient (Wildman–Crippen LogP) is 4.87. The zero-order chi connectivity index (χ0) is 17.9. The molecule has 4 nitrogen and oxygen atoms in total. The lowest BCUT2D eigenvalue weighted by Gasteiger charge is -2.15. The van der Waals surface area contributed by atoms with Crippen LogP contribution < -0.4 is 0 Å². The lowest BCUT2D eigenvalue weighted by molar-refractivity contribution is -0.119. The van der Waals surface area contributed by atoms with Gasteiger partial charge in [-0.3, -0.25) is 9.59 Å². The average Bonchev–Trinajstić information content (AvgIpc) is 2.62. The van der Waals surface area contributed by atoms with E-state index in [1.165, 1.54) is 0 Å². The van der Waals surface area contributed by atoms with Crippen LogP contribution in [0.5, 0.6) is 0 Å². The molecule has 4 heteroatoms. The molecular formula is C20H24N2O2. The summed E-state index contributed by atoms with van der Waals surface area (Å²) in [5, 5.41) is 8.18. The lowest BCUT2D eigenvalue weighted by Crippen LogP contribution is -2.17. The Hall–Kier alpha value is -2.36. The molecule has 0 fully saturated rings. The number of ketones is 2. The van der Waals surface area contributed by atoms with Crippen molar-refractivity contribution in [1.29, 1.82) is 0 Å². The number of Topliss-reactive ketones (excluding diaryl/α,β-unsaturated/α-hetero) is 2. The Bertz CT molecular complexity index is 722. The van der Waals surface area contributed by atoms with E-state index in [0.29, 0.717) is 11.1 Å². The van der Waals surface area contributed by atoms with E-state index in [2.05, 4.69) is 17.2 Å². The van der Waals surface area contributed by atoms with Gasteiger partial charge in [-0.25, -0.2) is 0 Å². The summed E-state index contributed by atoms with van der Waals surface area (Å²) in [5.74, 6) is 0.592. The van der Waals surface area contributed by atoms with E-state index < -0.39 is 0 Å². The number of carbonyl (C=O) groups is 2. The highest BCUT2D eigenvalue weighted by Gasteiger charge is 2.25.